The van der Waals surface area contributed by atoms with E-state index in [4.69, 9.17) is 9.47 Å². The number of aromatic nitrogens is 2. The van der Waals surface area contributed by atoms with Gasteiger partial charge < -0.3 is 19.9 Å². The zero-order valence-electron chi connectivity index (χ0n) is 13.5. The van der Waals surface area contributed by atoms with E-state index in [2.05, 4.69) is 14.1 Å². The van der Waals surface area contributed by atoms with Crippen LogP contribution in [0.15, 0.2) is 0 Å². The molecule has 0 saturated carbocycles. The number of esters is 1. The van der Waals surface area contributed by atoms with E-state index in [1.54, 1.807) is 6.92 Å². The van der Waals surface area contributed by atoms with E-state index in [9.17, 15) is 9.90 Å². The first-order valence-electron chi connectivity index (χ1n) is 7.46. The van der Waals surface area contributed by atoms with Gasteiger partial charge >= 0.3 is 5.97 Å². The van der Waals surface area contributed by atoms with Crippen molar-refractivity contribution in [3.63, 3.8) is 0 Å². The molecule has 1 aromatic heterocycles. The zero-order valence-corrected chi connectivity index (χ0v) is 14.4. The number of nitrogens with one attached hydrogen (secondary N) is 1. The van der Waals surface area contributed by atoms with Crippen LogP contribution in [0.25, 0.3) is 0 Å². The van der Waals surface area contributed by atoms with Gasteiger partial charge in [-0.2, -0.15) is 4.37 Å². The third kappa shape index (κ3) is 6.67. The van der Waals surface area contributed by atoms with Gasteiger partial charge in [0.15, 0.2) is 0 Å². The topological polar surface area (TPSA) is 93.6 Å². The molecule has 0 aliphatic rings. The van der Waals surface area contributed by atoms with Crippen molar-refractivity contribution in [3.05, 3.63) is 5.69 Å². The van der Waals surface area contributed by atoms with Gasteiger partial charge in [0.25, 0.3) is 0 Å². The Morgan fingerprint density at radius 1 is 1.36 bits per heavy atom. The second kappa shape index (κ2) is 9.70. The lowest BCUT2D eigenvalue weighted by Gasteiger charge is -2.15. The number of carbonyl (C=O) groups excluding carboxylic acids is 1. The van der Waals surface area contributed by atoms with Crippen LogP contribution in [-0.4, -0.2) is 51.7 Å². The summed E-state index contributed by atoms with van der Waals surface area (Å²) >= 11 is 1.03. The fraction of sp³-hybridized carbons (Fsp3) is 0.786. The monoisotopic (exact) mass is 331 g/mol. The predicted molar refractivity (Wildman–Crippen MR) is 84.2 cm³/mol. The minimum Gasteiger partial charge on any atom is -0.473 e. The van der Waals surface area contributed by atoms with Crippen LogP contribution < -0.4 is 10.1 Å². The van der Waals surface area contributed by atoms with Crippen LogP contribution in [-0.2, 0) is 9.53 Å². The van der Waals surface area contributed by atoms with Crippen molar-refractivity contribution in [2.75, 3.05) is 19.8 Å². The maximum atomic E-state index is 11.5. The molecule has 126 valence electrons. The van der Waals surface area contributed by atoms with Crippen molar-refractivity contribution < 1.29 is 19.4 Å². The number of hydrogen-bond donors (Lipinski definition) is 2. The van der Waals surface area contributed by atoms with Gasteiger partial charge in [-0.1, -0.05) is 20.8 Å². The average Bonchev–Trinajstić information content (AvgIpc) is 2.91. The van der Waals surface area contributed by atoms with Gasteiger partial charge in [-0.3, -0.25) is 4.79 Å². The van der Waals surface area contributed by atoms with Crippen molar-refractivity contribution in [2.24, 2.45) is 0 Å². The molecule has 1 rings (SSSR count). The quantitative estimate of drug-likeness (QED) is 0.625. The molecule has 0 aliphatic carbocycles. The number of ether oxygens (including phenoxy) is 2. The standard InChI is InChI=1S/C14H25N3O4S/c1-5-20-12(19)6-10(4)13-14(17-22-16-13)21-8-11(18)7-15-9(2)3/h9-11,15,18H,5-8H2,1-4H3. The molecule has 0 radical (unpaired) electrons. The Balaban J connectivity index is 2.49. The predicted octanol–water partition coefficient (Wildman–Crippen LogP) is 1.33. The Labute approximate surface area is 135 Å². The smallest absolute Gasteiger partial charge is 0.306 e. The fourth-order valence-electron chi connectivity index (χ4n) is 1.76. The molecule has 7 nitrogen and oxygen atoms in total. The molecular formula is C14H25N3O4S. The van der Waals surface area contributed by atoms with E-state index in [-0.39, 0.29) is 24.9 Å². The number of aliphatic hydroxyl groups excluding tert-OH is 1. The first kappa shape index (κ1) is 18.8. The van der Waals surface area contributed by atoms with E-state index in [1.807, 2.05) is 20.8 Å². The lowest BCUT2D eigenvalue weighted by atomic mass is 10.0. The maximum Gasteiger partial charge on any atom is 0.306 e. The number of nitrogens with zero attached hydrogens (tertiary/aromatic N) is 2. The summed E-state index contributed by atoms with van der Waals surface area (Å²) in [5.41, 5.74) is 0.627. The molecular weight excluding hydrogens is 306 g/mol. The molecule has 0 aromatic carbocycles. The zero-order chi connectivity index (χ0) is 16.5. The summed E-state index contributed by atoms with van der Waals surface area (Å²) in [5, 5.41) is 13.0. The fourth-order valence-corrected chi connectivity index (χ4v) is 2.37. The molecule has 0 bridgehead atoms. The van der Waals surface area contributed by atoms with Crippen LogP contribution in [0.1, 0.15) is 45.7 Å². The first-order chi connectivity index (χ1) is 10.4. The van der Waals surface area contributed by atoms with E-state index < -0.39 is 6.10 Å². The normalized spacial score (nSPS) is 13.9. The van der Waals surface area contributed by atoms with Gasteiger partial charge in [0.2, 0.25) is 5.88 Å². The molecule has 0 aliphatic heterocycles. The summed E-state index contributed by atoms with van der Waals surface area (Å²) in [6, 6.07) is 0.302. The molecule has 0 saturated heterocycles. The molecule has 22 heavy (non-hydrogen) atoms. The van der Waals surface area contributed by atoms with Crippen LogP contribution in [0, 0.1) is 0 Å². The van der Waals surface area contributed by atoms with Gasteiger partial charge in [-0.25, -0.2) is 0 Å². The van der Waals surface area contributed by atoms with Crippen LogP contribution in [0.2, 0.25) is 0 Å². The minimum atomic E-state index is -0.627. The lowest BCUT2D eigenvalue weighted by Crippen LogP contribution is -2.35. The first-order valence-corrected chi connectivity index (χ1v) is 8.19. The summed E-state index contributed by atoms with van der Waals surface area (Å²) in [4.78, 5) is 11.5. The highest BCUT2D eigenvalue weighted by molar-refractivity contribution is 6.99. The van der Waals surface area contributed by atoms with Crippen molar-refractivity contribution in [2.45, 2.75) is 52.2 Å². The van der Waals surface area contributed by atoms with Crippen molar-refractivity contribution in [1.29, 1.82) is 0 Å². The largest absolute Gasteiger partial charge is 0.473 e. The number of carbonyl (C=O) groups is 1. The number of hydrogen-bond acceptors (Lipinski definition) is 8. The van der Waals surface area contributed by atoms with Crippen LogP contribution in [0.3, 0.4) is 0 Å². The van der Waals surface area contributed by atoms with E-state index in [0.717, 1.165) is 11.7 Å². The second-order valence-corrected chi connectivity index (χ2v) is 5.92. The van der Waals surface area contributed by atoms with Crippen LogP contribution >= 0.6 is 11.7 Å². The van der Waals surface area contributed by atoms with Gasteiger partial charge in [0.1, 0.15) is 18.4 Å². The van der Waals surface area contributed by atoms with Gasteiger partial charge in [-0.15, -0.1) is 4.37 Å². The SMILES string of the molecule is CCOC(=O)CC(C)c1nsnc1OCC(O)CNC(C)C. The second-order valence-electron chi connectivity index (χ2n) is 5.39. The molecule has 2 atom stereocenters. The molecule has 2 unspecified atom stereocenters. The minimum absolute atomic E-state index is 0.129. The Kier molecular flexibility index (Phi) is 8.29. The summed E-state index contributed by atoms with van der Waals surface area (Å²) < 4.78 is 18.7. The molecule has 0 spiro atoms. The lowest BCUT2D eigenvalue weighted by molar-refractivity contribution is -0.143. The summed E-state index contributed by atoms with van der Waals surface area (Å²) in [6.07, 6.45) is -0.398. The molecule has 1 aromatic rings. The third-order valence-electron chi connectivity index (χ3n) is 2.90. The summed E-state index contributed by atoms with van der Waals surface area (Å²) in [6.45, 7) is 8.60. The number of aliphatic hydroxyl groups is 1. The molecule has 8 heteroatoms. The maximum absolute atomic E-state index is 11.5. The molecule has 1 heterocycles. The van der Waals surface area contributed by atoms with Crippen molar-refractivity contribution in [3.8, 4) is 5.88 Å². The molecule has 0 amide bonds. The Bertz CT molecular complexity index is 453. The van der Waals surface area contributed by atoms with Gasteiger partial charge in [0, 0.05) is 18.5 Å². The van der Waals surface area contributed by atoms with E-state index in [1.165, 1.54) is 0 Å². The van der Waals surface area contributed by atoms with E-state index in [0.29, 0.717) is 30.8 Å². The van der Waals surface area contributed by atoms with Crippen molar-refractivity contribution >= 4 is 17.7 Å². The Morgan fingerprint density at radius 2 is 2.09 bits per heavy atom. The average molecular weight is 331 g/mol. The summed E-state index contributed by atoms with van der Waals surface area (Å²) in [5.74, 6) is -0.0285. The Morgan fingerprint density at radius 3 is 2.73 bits per heavy atom. The van der Waals surface area contributed by atoms with Gasteiger partial charge in [-0.05, 0) is 6.92 Å². The van der Waals surface area contributed by atoms with Crippen LogP contribution in [0.4, 0.5) is 0 Å². The highest BCUT2D eigenvalue weighted by Gasteiger charge is 2.21. The highest BCUT2D eigenvalue weighted by atomic mass is 32.1. The summed E-state index contributed by atoms with van der Waals surface area (Å²) in [7, 11) is 0. The van der Waals surface area contributed by atoms with Crippen LogP contribution in [0.5, 0.6) is 5.88 Å². The third-order valence-corrected chi connectivity index (χ3v) is 3.43. The van der Waals surface area contributed by atoms with Gasteiger partial charge in [0.05, 0.1) is 24.8 Å². The van der Waals surface area contributed by atoms with Crippen molar-refractivity contribution in [1.82, 2.24) is 14.1 Å². The number of rotatable bonds is 10. The molecule has 0 fully saturated rings. The molecule has 2 N–H and O–H groups in total. The van der Waals surface area contributed by atoms with E-state index >= 15 is 0 Å². The highest BCUT2D eigenvalue weighted by Crippen LogP contribution is 2.27. The Hall–Kier alpha value is -1.25.